The summed E-state index contributed by atoms with van der Waals surface area (Å²) in [6, 6.07) is 0. The van der Waals surface area contributed by atoms with E-state index in [2.05, 4.69) is 9.97 Å². The monoisotopic (exact) mass is 195 g/mol. The summed E-state index contributed by atoms with van der Waals surface area (Å²) in [4.78, 5) is 8.02. The molecular weight excluding hydrogens is 185 g/mol. The first-order chi connectivity index (χ1) is 4.33. The molecule has 5 heteroatoms. The van der Waals surface area contributed by atoms with Gasteiger partial charge in [-0.25, -0.2) is 0 Å². The van der Waals surface area contributed by atoms with Gasteiger partial charge >= 0.3 is 0 Å². The summed E-state index contributed by atoms with van der Waals surface area (Å²) in [5.41, 5.74) is 7.05. The van der Waals surface area contributed by atoms with Gasteiger partial charge in [0.05, 0.1) is 11.4 Å². The molecule has 64 valence electrons. The zero-order chi connectivity index (χ0) is 6.69. The van der Waals surface area contributed by atoms with Crippen LogP contribution in [0.25, 0.3) is 0 Å². The predicted octanol–water partition coefficient (Wildman–Crippen LogP) is 1.09. The molecule has 0 fully saturated rings. The fourth-order valence-corrected chi connectivity index (χ4v) is 0.525. The largest absolute Gasteiger partial charge is 0.325 e. The maximum Gasteiger partial charge on any atom is 0.0722 e. The Morgan fingerprint density at radius 2 is 1.91 bits per heavy atom. The Morgan fingerprint density at radius 3 is 2.27 bits per heavy atom. The number of rotatable bonds is 1. The number of halogens is 2. The van der Waals surface area contributed by atoms with Gasteiger partial charge in [-0.2, -0.15) is 0 Å². The molecule has 0 aliphatic rings. The molecule has 11 heavy (non-hydrogen) atoms. The fourth-order valence-electron chi connectivity index (χ4n) is 0.525. The van der Waals surface area contributed by atoms with E-state index in [0.29, 0.717) is 6.54 Å². The number of aryl methyl sites for hydroxylation is 1. The molecule has 3 nitrogen and oxygen atoms in total. The molecule has 0 aliphatic heterocycles. The number of nitrogens with two attached hydrogens (primary N) is 1. The molecule has 0 aliphatic carbocycles. The van der Waals surface area contributed by atoms with Crippen LogP contribution in [-0.4, -0.2) is 9.97 Å². The van der Waals surface area contributed by atoms with Crippen LogP contribution in [0.2, 0.25) is 0 Å². The van der Waals surface area contributed by atoms with Crippen molar-refractivity contribution in [3.8, 4) is 0 Å². The summed E-state index contributed by atoms with van der Waals surface area (Å²) < 4.78 is 0. The molecule has 0 unspecified atom stereocenters. The van der Waals surface area contributed by atoms with Crippen LogP contribution in [0.5, 0.6) is 0 Å². The molecule has 2 N–H and O–H groups in total. The second kappa shape index (κ2) is 6.34. The predicted molar refractivity (Wildman–Crippen MR) is 49.2 cm³/mol. The van der Waals surface area contributed by atoms with Gasteiger partial charge in [-0.05, 0) is 6.92 Å². The lowest BCUT2D eigenvalue weighted by Crippen LogP contribution is -1.99. The van der Waals surface area contributed by atoms with Gasteiger partial charge in [0.15, 0.2) is 0 Å². The van der Waals surface area contributed by atoms with Crippen LogP contribution >= 0.6 is 24.8 Å². The third kappa shape index (κ3) is 4.14. The fraction of sp³-hybridized carbons (Fsp3) is 0.333. The normalized spacial score (nSPS) is 7.82. The Kier molecular flexibility index (Phi) is 7.62. The van der Waals surface area contributed by atoms with E-state index >= 15 is 0 Å². The first-order valence-corrected chi connectivity index (χ1v) is 2.80. The van der Waals surface area contributed by atoms with Gasteiger partial charge in [0.25, 0.3) is 0 Å². The van der Waals surface area contributed by atoms with Crippen molar-refractivity contribution in [3.63, 3.8) is 0 Å². The van der Waals surface area contributed by atoms with Gasteiger partial charge in [-0.3, -0.25) is 9.97 Å². The van der Waals surface area contributed by atoms with E-state index in [0.717, 1.165) is 11.4 Å². The molecule has 1 aromatic heterocycles. The first-order valence-electron chi connectivity index (χ1n) is 2.80. The molecule has 0 amide bonds. The second-order valence-corrected chi connectivity index (χ2v) is 1.85. The lowest BCUT2D eigenvalue weighted by molar-refractivity contribution is 0.947. The second-order valence-electron chi connectivity index (χ2n) is 1.85. The Morgan fingerprint density at radius 1 is 1.27 bits per heavy atom. The van der Waals surface area contributed by atoms with Crippen LogP contribution in [-0.2, 0) is 6.54 Å². The molecule has 0 atom stereocenters. The van der Waals surface area contributed by atoms with Crippen LogP contribution in [0.1, 0.15) is 11.4 Å². The molecule has 0 saturated heterocycles. The summed E-state index contributed by atoms with van der Waals surface area (Å²) in [5, 5.41) is 0. The quantitative estimate of drug-likeness (QED) is 0.731. The van der Waals surface area contributed by atoms with Gasteiger partial charge in [0.2, 0.25) is 0 Å². The van der Waals surface area contributed by atoms with Crippen LogP contribution in [0.15, 0.2) is 12.4 Å². The van der Waals surface area contributed by atoms with E-state index in [1.807, 2.05) is 6.92 Å². The molecule has 1 heterocycles. The van der Waals surface area contributed by atoms with Gasteiger partial charge < -0.3 is 5.73 Å². The van der Waals surface area contributed by atoms with Gasteiger partial charge in [-0.1, -0.05) is 0 Å². The highest BCUT2D eigenvalue weighted by Crippen LogP contribution is 1.90. The van der Waals surface area contributed by atoms with Crippen LogP contribution in [0.3, 0.4) is 0 Å². The Balaban J connectivity index is 0. The van der Waals surface area contributed by atoms with Crippen molar-refractivity contribution in [2.45, 2.75) is 13.5 Å². The number of aromatic nitrogens is 2. The minimum atomic E-state index is 0. The minimum Gasteiger partial charge on any atom is -0.325 e. The lowest BCUT2D eigenvalue weighted by atomic mass is 10.4. The number of nitrogens with zero attached hydrogens (tertiary/aromatic N) is 2. The van der Waals surface area contributed by atoms with Crippen molar-refractivity contribution >= 4 is 24.8 Å². The minimum absolute atomic E-state index is 0. The van der Waals surface area contributed by atoms with Crippen molar-refractivity contribution < 1.29 is 0 Å². The van der Waals surface area contributed by atoms with Crippen molar-refractivity contribution in [2.75, 3.05) is 0 Å². The van der Waals surface area contributed by atoms with Crippen LogP contribution < -0.4 is 5.73 Å². The van der Waals surface area contributed by atoms with E-state index in [9.17, 15) is 0 Å². The maximum atomic E-state index is 5.30. The Labute approximate surface area is 78.2 Å². The molecule has 1 aromatic rings. The maximum absolute atomic E-state index is 5.30. The highest BCUT2D eigenvalue weighted by molar-refractivity contribution is 5.85. The van der Waals surface area contributed by atoms with Crippen molar-refractivity contribution in [1.29, 1.82) is 0 Å². The summed E-state index contributed by atoms with van der Waals surface area (Å²) in [6.45, 7) is 2.36. The first kappa shape index (κ1) is 13.2. The van der Waals surface area contributed by atoms with Gasteiger partial charge in [0, 0.05) is 18.9 Å². The third-order valence-electron chi connectivity index (χ3n) is 1.04. The standard InChI is InChI=1S/C6H9N3.2ClH/c1-5-3-9-6(2-7)4-8-5;;/h3-4H,2,7H2,1H3;2*1H. The summed E-state index contributed by atoms with van der Waals surface area (Å²) >= 11 is 0. The third-order valence-corrected chi connectivity index (χ3v) is 1.04. The van der Waals surface area contributed by atoms with Crippen molar-refractivity contribution in [3.05, 3.63) is 23.8 Å². The number of hydrogen-bond donors (Lipinski definition) is 1. The molecular formula is C6H11Cl2N3. The molecule has 0 aromatic carbocycles. The van der Waals surface area contributed by atoms with Gasteiger partial charge in [-0.15, -0.1) is 24.8 Å². The summed E-state index contributed by atoms with van der Waals surface area (Å²) in [6.07, 6.45) is 3.40. The van der Waals surface area contributed by atoms with E-state index in [1.165, 1.54) is 0 Å². The highest BCUT2D eigenvalue weighted by Gasteiger charge is 1.87. The van der Waals surface area contributed by atoms with E-state index in [1.54, 1.807) is 12.4 Å². The average molecular weight is 196 g/mol. The molecule has 0 spiro atoms. The average Bonchev–Trinajstić information content (AvgIpc) is 1.90. The Hall–Kier alpha value is -0.380. The molecule has 0 bridgehead atoms. The van der Waals surface area contributed by atoms with Crippen LogP contribution in [0.4, 0.5) is 0 Å². The molecule has 0 saturated carbocycles. The smallest absolute Gasteiger partial charge is 0.0722 e. The number of hydrogen-bond acceptors (Lipinski definition) is 3. The van der Waals surface area contributed by atoms with Crippen molar-refractivity contribution in [1.82, 2.24) is 9.97 Å². The highest BCUT2D eigenvalue weighted by atomic mass is 35.5. The van der Waals surface area contributed by atoms with E-state index in [4.69, 9.17) is 5.73 Å². The lowest BCUT2D eigenvalue weighted by Gasteiger charge is -1.92. The van der Waals surface area contributed by atoms with Gasteiger partial charge in [0.1, 0.15) is 0 Å². The zero-order valence-electron chi connectivity index (χ0n) is 6.15. The SMILES string of the molecule is Cc1cnc(CN)cn1.Cl.Cl. The summed E-state index contributed by atoms with van der Waals surface area (Å²) in [5.74, 6) is 0. The molecule has 0 radical (unpaired) electrons. The van der Waals surface area contributed by atoms with Crippen molar-refractivity contribution in [2.24, 2.45) is 5.73 Å². The van der Waals surface area contributed by atoms with Crippen LogP contribution in [0, 0.1) is 6.92 Å². The summed E-state index contributed by atoms with van der Waals surface area (Å²) in [7, 11) is 0. The topological polar surface area (TPSA) is 51.8 Å². The van der Waals surface area contributed by atoms with E-state index in [-0.39, 0.29) is 24.8 Å². The molecule has 1 rings (SSSR count). The Bertz CT molecular complexity index is 188. The zero-order valence-corrected chi connectivity index (χ0v) is 7.78. The van der Waals surface area contributed by atoms with E-state index < -0.39 is 0 Å².